The van der Waals surface area contributed by atoms with Crippen LogP contribution in [0.3, 0.4) is 0 Å². The average Bonchev–Trinajstić information content (AvgIpc) is 2.82. The molecule has 2 rings (SSSR count). The fourth-order valence-corrected chi connectivity index (χ4v) is 3.91. The van der Waals surface area contributed by atoms with Gasteiger partial charge >= 0.3 is 7.48 Å². The summed E-state index contributed by atoms with van der Waals surface area (Å²) in [7, 11) is 2.23. The maximum atomic E-state index is 5.71. The molecule has 0 unspecified atom stereocenters. The Morgan fingerprint density at radius 3 is 2.67 bits per heavy atom. The van der Waals surface area contributed by atoms with E-state index in [0.717, 1.165) is 0 Å². The SMILES string of the molecule is C=C(OBc1cc2cc(C)sc2s1)C(C)(C)OC. The summed E-state index contributed by atoms with van der Waals surface area (Å²) in [6.45, 7) is 9.96. The molecular weight excluding hydrogens is 263 g/mol. The van der Waals surface area contributed by atoms with E-state index in [9.17, 15) is 0 Å². The highest BCUT2D eigenvalue weighted by Crippen LogP contribution is 2.28. The Hall–Kier alpha value is -0.775. The zero-order valence-electron chi connectivity index (χ0n) is 11.2. The lowest BCUT2D eigenvalue weighted by molar-refractivity contribution is 0.0267. The summed E-state index contributed by atoms with van der Waals surface area (Å²) in [4.78, 5) is 1.36. The lowest BCUT2D eigenvalue weighted by Gasteiger charge is -2.25. The minimum absolute atomic E-state index is 0.439. The quantitative estimate of drug-likeness (QED) is 0.618. The molecule has 2 aromatic rings. The van der Waals surface area contributed by atoms with Gasteiger partial charge < -0.3 is 9.39 Å². The van der Waals surface area contributed by atoms with Gasteiger partial charge in [0.05, 0.1) is 9.77 Å². The van der Waals surface area contributed by atoms with Gasteiger partial charge in [-0.2, -0.15) is 0 Å². The van der Waals surface area contributed by atoms with Crippen LogP contribution in [-0.4, -0.2) is 20.2 Å². The molecule has 0 amide bonds. The third kappa shape index (κ3) is 2.79. The van der Waals surface area contributed by atoms with Crippen molar-refractivity contribution in [3.63, 3.8) is 0 Å². The van der Waals surface area contributed by atoms with Crippen LogP contribution < -0.4 is 4.78 Å². The van der Waals surface area contributed by atoms with Crippen LogP contribution in [0.5, 0.6) is 0 Å². The number of rotatable bonds is 5. The molecular formula is C13H17BO2S2. The second-order valence-corrected chi connectivity index (χ2v) is 7.39. The van der Waals surface area contributed by atoms with Crippen molar-refractivity contribution in [2.75, 3.05) is 7.11 Å². The van der Waals surface area contributed by atoms with E-state index < -0.39 is 5.60 Å². The van der Waals surface area contributed by atoms with Crippen molar-refractivity contribution in [2.24, 2.45) is 0 Å². The Balaban J connectivity index is 2.02. The third-order valence-electron chi connectivity index (χ3n) is 2.96. The zero-order chi connectivity index (χ0) is 13.3. The van der Waals surface area contributed by atoms with Crippen molar-refractivity contribution >= 4 is 44.3 Å². The van der Waals surface area contributed by atoms with E-state index in [-0.39, 0.29) is 0 Å². The molecule has 0 saturated carbocycles. The van der Waals surface area contributed by atoms with E-state index in [4.69, 9.17) is 9.39 Å². The molecule has 2 nitrogen and oxygen atoms in total. The average molecular weight is 280 g/mol. The summed E-state index contributed by atoms with van der Waals surface area (Å²) in [5, 5.41) is 1.32. The molecule has 0 spiro atoms. The minimum Gasteiger partial charge on any atom is -0.559 e. The minimum atomic E-state index is -0.439. The van der Waals surface area contributed by atoms with Crippen LogP contribution in [0.25, 0.3) is 9.40 Å². The summed E-state index contributed by atoms with van der Waals surface area (Å²) in [5.74, 6) is 0.665. The van der Waals surface area contributed by atoms with Gasteiger partial charge in [-0.15, -0.1) is 22.7 Å². The number of ether oxygens (including phenoxy) is 1. The highest BCUT2D eigenvalue weighted by atomic mass is 32.2. The molecule has 0 aliphatic heterocycles. The van der Waals surface area contributed by atoms with Gasteiger partial charge in [-0.1, -0.05) is 6.58 Å². The van der Waals surface area contributed by atoms with E-state index in [0.29, 0.717) is 13.2 Å². The van der Waals surface area contributed by atoms with Crippen molar-refractivity contribution in [3.8, 4) is 0 Å². The van der Waals surface area contributed by atoms with Gasteiger partial charge in [-0.3, -0.25) is 0 Å². The Morgan fingerprint density at radius 2 is 2.06 bits per heavy atom. The Kier molecular flexibility index (Phi) is 3.85. The molecule has 0 fully saturated rings. The standard InChI is InChI=1S/C13H17BO2S2/c1-8-6-10-7-11(18-12(10)17-8)14-16-9(2)13(3,4)15-5/h6-7,14H,2H2,1,3-5H3. The van der Waals surface area contributed by atoms with Crippen molar-refractivity contribution in [2.45, 2.75) is 26.4 Å². The Labute approximate surface area is 117 Å². The smallest absolute Gasteiger partial charge is 0.383 e. The summed E-state index contributed by atoms with van der Waals surface area (Å²) in [6.07, 6.45) is 0. The van der Waals surface area contributed by atoms with Gasteiger partial charge in [0.2, 0.25) is 0 Å². The molecule has 2 aromatic heterocycles. The van der Waals surface area contributed by atoms with Crippen LogP contribution >= 0.6 is 22.7 Å². The zero-order valence-corrected chi connectivity index (χ0v) is 12.8. The van der Waals surface area contributed by atoms with Crippen molar-refractivity contribution in [1.29, 1.82) is 0 Å². The third-order valence-corrected chi connectivity index (χ3v) is 5.24. The first-order chi connectivity index (χ1) is 8.42. The maximum Gasteiger partial charge on any atom is 0.383 e. The molecule has 5 heteroatoms. The summed E-state index contributed by atoms with van der Waals surface area (Å²) in [5.41, 5.74) is -0.439. The first-order valence-corrected chi connectivity index (χ1v) is 7.42. The fourth-order valence-electron chi connectivity index (χ4n) is 1.53. The van der Waals surface area contributed by atoms with Crippen LogP contribution in [0, 0.1) is 6.92 Å². The number of methoxy groups -OCH3 is 1. The lowest BCUT2D eigenvalue weighted by atomic mass is 9.96. The molecule has 0 N–H and O–H groups in total. The normalized spacial score (nSPS) is 11.8. The molecule has 0 atom stereocenters. The van der Waals surface area contributed by atoms with E-state index >= 15 is 0 Å². The largest absolute Gasteiger partial charge is 0.559 e. The maximum absolute atomic E-state index is 5.71. The van der Waals surface area contributed by atoms with Crippen LogP contribution in [0.2, 0.25) is 0 Å². The van der Waals surface area contributed by atoms with Crippen molar-refractivity contribution < 1.29 is 9.39 Å². The molecule has 0 aliphatic rings. The molecule has 2 heterocycles. The Bertz CT molecular complexity index is 537. The molecule has 18 heavy (non-hydrogen) atoms. The fraction of sp³-hybridized carbons (Fsp3) is 0.385. The van der Waals surface area contributed by atoms with Crippen molar-refractivity contribution in [3.05, 3.63) is 29.3 Å². The second-order valence-electron chi connectivity index (χ2n) is 4.74. The molecule has 0 aromatic carbocycles. The van der Waals surface area contributed by atoms with Gasteiger partial charge in [0, 0.05) is 22.1 Å². The highest BCUT2D eigenvalue weighted by molar-refractivity contribution is 7.41. The molecule has 0 bridgehead atoms. The molecule has 0 radical (unpaired) electrons. The predicted molar refractivity (Wildman–Crippen MR) is 82.5 cm³/mol. The van der Waals surface area contributed by atoms with Gasteiger partial charge in [0.1, 0.15) is 5.60 Å². The molecule has 96 valence electrons. The van der Waals surface area contributed by atoms with Gasteiger partial charge in [0.25, 0.3) is 0 Å². The number of hydrogen-bond acceptors (Lipinski definition) is 4. The van der Waals surface area contributed by atoms with E-state index in [2.05, 4.69) is 25.6 Å². The van der Waals surface area contributed by atoms with Crippen LogP contribution in [-0.2, 0) is 9.39 Å². The van der Waals surface area contributed by atoms with Gasteiger partial charge in [-0.25, -0.2) is 0 Å². The van der Waals surface area contributed by atoms with Gasteiger partial charge in [-0.05, 0) is 32.9 Å². The Morgan fingerprint density at radius 1 is 1.33 bits per heavy atom. The molecule has 0 aliphatic carbocycles. The van der Waals surface area contributed by atoms with Crippen LogP contribution in [0.15, 0.2) is 24.5 Å². The van der Waals surface area contributed by atoms with Gasteiger partial charge in [0.15, 0.2) is 0 Å². The highest BCUT2D eigenvalue weighted by Gasteiger charge is 2.22. The second kappa shape index (κ2) is 5.07. The monoisotopic (exact) mass is 280 g/mol. The number of aryl methyl sites for hydroxylation is 1. The first-order valence-electron chi connectivity index (χ1n) is 5.78. The topological polar surface area (TPSA) is 18.5 Å². The molecule has 0 saturated heterocycles. The number of thiophene rings is 2. The van der Waals surface area contributed by atoms with E-state index in [1.54, 1.807) is 18.4 Å². The number of hydrogen-bond donors (Lipinski definition) is 0. The van der Waals surface area contributed by atoms with Crippen molar-refractivity contribution in [1.82, 2.24) is 0 Å². The predicted octanol–water partition coefficient (Wildman–Crippen LogP) is 3.20. The van der Waals surface area contributed by atoms with Crippen LogP contribution in [0.1, 0.15) is 18.7 Å². The summed E-state index contributed by atoms with van der Waals surface area (Å²) >= 11 is 3.62. The lowest BCUT2D eigenvalue weighted by Crippen LogP contribution is -2.29. The van der Waals surface area contributed by atoms with E-state index in [1.165, 1.54) is 19.1 Å². The summed E-state index contributed by atoms with van der Waals surface area (Å²) in [6, 6.07) is 4.41. The van der Waals surface area contributed by atoms with Crippen LogP contribution in [0.4, 0.5) is 0 Å². The number of fused-ring (bicyclic) bond motifs is 1. The van der Waals surface area contributed by atoms with E-state index in [1.807, 2.05) is 25.2 Å². The first kappa shape index (κ1) is 13.7. The summed E-state index contributed by atoms with van der Waals surface area (Å²) < 4.78 is 13.6.